The highest BCUT2D eigenvalue weighted by Crippen LogP contribution is 2.46. The van der Waals surface area contributed by atoms with Crippen molar-refractivity contribution in [2.75, 3.05) is 18.1 Å². The summed E-state index contributed by atoms with van der Waals surface area (Å²) in [6.07, 6.45) is 3.32. The fourth-order valence-corrected chi connectivity index (χ4v) is 7.94. The number of fused-ring (bicyclic) bond motifs is 4. The number of hydrogen-bond acceptors (Lipinski definition) is 3. The number of carbonyl (C=O) groups is 1. The average Bonchev–Trinajstić information content (AvgIpc) is 3.67. The minimum Gasteiger partial charge on any atom is -0.494 e. The Morgan fingerprint density at radius 2 is 1.73 bits per heavy atom. The number of aryl methyl sites for hydroxylation is 6. The molecule has 3 aromatic carbocycles. The molecule has 49 heavy (non-hydrogen) atoms. The summed E-state index contributed by atoms with van der Waals surface area (Å²) in [5.41, 5.74) is 10.6. The van der Waals surface area contributed by atoms with E-state index in [0.29, 0.717) is 42.4 Å². The number of aromatic nitrogens is 4. The van der Waals surface area contributed by atoms with Gasteiger partial charge in [-0.15, -0.1) is 0 Å². The number of anilines is 1. The van der Waals surface area contributed by atoms with Gasteiger partial charge in [0.25, 0.3) is 5.91 Å². The Morgan fingerprint density at radius 3 is 2.41 bits per heavy atom. The van der Waals surface area contributed by atoms with Gasteiger partial charge in [-0.2, -0.15) is 5.10 Å². The highest BCUT2D eigenvalue weighted by atomic mass is 35.5. The van der Waals surface area contributed by atoms with Crippen molar-refractivity contribution in [1.82, 2.24) is 18.9 Å². The van der Waals surface area contributed by atoms with Crippen LogP contribution in [0, 0.1) is 34.3 Å². The van der Waals surface area contributed by atoms with Crippen molar-refractivity contribution in [1.29, 1.82) is 0 Å². The van der Waals surface area contributed by atoms with Gasteiger partial charge in [-0.1, -0.05) is 35.3 Å². The third-order valence-corrected chi connectivity index (χ3v) is 10.8. The highest BCUT2D eigenvalue weighted by Gasteiger charge is 2.37. The van der Waals surface area contributed by atoms with Crippen LogP contribution < -0.4 is 9.64 Å². The van der Waals surface area contributed by atoms with Gasteiger partial charge < -0.3 is 18.8 Å². The Balaban J connectivity index is 1.38. The van der Waals surface area contributed by atoms with Crippen molar-refractivity contribution >= 4 is 62.3 Å². The zero-order chi connectivity index (χ0) is 34.9. The van der Waals surface area contributed by atoms with Crippen LogP contribution in [0.4, 0.5) is 11.4 Å². The minimum absolute atomic E-state index is 0.0726. The number of amides is 1. The first kappa shape index (κ1) is 32.8. The van der Waals surface area contributed by atoms with Gasteiger partial charge in [0.15, 0.2) is 5.69 Å². The van der Waals surface area contributed by atoms with Crippen LogP contribution in [0.15, 0.2) is 48.7 Å². The smallest absolute Gasteiger partial charge is 0.275 e. The van der Waals surface area contributed by atoms with E-state index in [1.807, 2.05) is 91.6 Å². The lowest BCUT2D eigenvalue weighted by atomic mass is 9.98. The molecule has 8 nitrogen and oxygen atoms in total. The molecule has 1 aliphatic heterocycles. The lowest BCUT2D eigenvalue weighted by Gasteiger charge is -2.34. The second-order valence-electron chi connectivity index (χ2n) is 13.2. The van der Waals surface area contributed by atoms with Crippen LogP contribution in [0.5, 0.6) is 5.75 Å². The van der Waals surface area contributed by atoms with Crippen molar-refractivity contribution in [3.63, 3.8) is 0 Å². The summed E-state index contributed by atoms with van der Waals surface area (Å²) in [4.78, 5) is 20.5. The molecule has 0 N–H and O–H groups in total. The average molecular weight is 694 g/mol. The monoisotopic (exact) mass is 692 g/mol. The molecule has 0 spiro atoms. The van der Waals surface area contributed by atoms with E-state index in [4.69, 9.17) is 39.6 Å². The maximum atomic E-state index is 14.9. The molecule has 250 valence electrons. The van der Waals surface area contributed by atoms with E-state index >= 15 is 0 Å². The molecule has 0 fully saturated rings. The fourth-order valence-electron chi connectivity index (χ4n) is 7.58. The largest absolute Gasteiger partial charge is 0.494 e. The van der Waals surface area contributed by atoms with Crippen LogP contribution in [0.3, 0.4) is 0 Å². The van der Waals surface area contributed by atoms with Crippen LogP contribution in [-0.4, -0.2) is 38.0 Å². The van der Waals surface area contributed by atoms with Gasteiger partial charge in [0.05, 0.1) is 35.1 Å². The standard InChI is InChI=1S/C39H38Cl2N6O2/c1-21-16-27(17-22(2)36(21)41)49-15-9-10-28-29-12-13-31(40)35(34-24(4)43-45(8)25(34)5)37(29)47-23(3)19-46(39(48)38(28)47)33-20-44(7)32-14-11-26(42-6)18-30(32)33/h11-14,16-18,20,23H,9-10,15,19H2,1-5,7-8H3/t23-/m1/s1. The summed E-state index contributed by atoms with van der Waals surface area (Å²) in [5, 5.41) is 7.98. The third-order valence-electron chi connectivity index (χ3n) is 9.94. The Bertz CT molecular complexity index is 2350. The third kappa shape index (κ3) is 5.27. The number of rotatable bonds is 7. The number of benzene rings is 3. The predicted molar refractivity (Wildman–Crippen MR) is 199 cm³/mol. The van der Waals surface area contributed by atoms with Gasteiger partial charge in [0.1, 0.15) is 11.4 Å². The molecule has 3 aromatic heterocycles. The summed E-state index contributed by atoms with van der Waals surface area (Å²) >= 11 is 13.5. The molecular weight excluding hydrogens is 655 g/mol. The molecule has 0 bridgehead atoms. The molecule has 7 rings (SSSR count). The molecule has 1 aliphatic rings. The predicted octanol–water partition coefficient (Wildman–Crippen LogP) is 9.86. The first-order valence-corrected chi connectivity index (χ1v) is 17.2. The van der Waals surface area contributed by atoms with E-state index in [9.17, 15) is 4.79 Å². The normalized spacial score (nSPS) is 14.6. The first-order chi connectivity index (χ1) is 23.4. The van der Waals surface area contributed by atoms with Crippen molar-refractivity contribution < 1.29 is 9.53 Å². The zero-order valence-electron chi connectivity index (χ0n) is 28.8. The van der Waals surface area contributed by atoms with Crippen molar-refractivity contribution in [2.24, 2.45) is 14.1 Å². The maximum Gasteiger partial charge on any atom is 0.275 e. The van der Waals surface area contributed by atoms with E-state index in [1.54, 1.807) is 0 Å². The van der Waals surface area contributed by atoms with Gasteiger partial charge in [-0.05, 0) is 94.5 Å². The van der Waals surface area contributed by atoms with E-state index in [1.165, 1.54) is 0 Å². The molecule has 1 amide bonds. The molecule has 0 radical (unpaired) electrons. The number of halogens is 2. The van der Waals surface area contributed by atoms with Gasteiger partial charge >= 0.3 is 0 Å². The van der Waals surface area contributed by atoms with E-state index in [-0.39, 0.29) is 11.9 Å². The number of carbonyl (C=O) groups excluding carboxylic acids is 1. The summed E-state index contributed by atoms with van der Waals surface area (Å²) in [6.45, 7) is 18.7. The van der Waals surface area contributed by atoms with Crippen LogP contribution in [0.2, 0.25) is 10.0 Å². The van der Waals surface area contributed by atoms with Gasteiger partial charge in [-0.3, -0.25) is 9.48 Å². The van der Waals surface area contributed by atoms with Crippen LogP contribution in [-0.2, 0) is 20.5 Å². The van der Waals surface area contributed by atoms with Crippen LogP contribution in [0.25, 0.3) is 37.8 Å². The van der Waals surface area contributed by atoms with Crippen molar-refractivity contribution in [3.8, 4) is 16.9 Å². The van der Waals surface area contributed by atoms with Crippen LogP contribution in [0.1, 0.15) is 58.0 Å². The van der Waals surface area contributed by atoms with E-state index in [2.05, 4.69) is 29.3 Å². The maximum absolute atomic E-state index is 14.9. The highest BCUT2D eigenvalue weighted by molar-refractivity contribution is 6.35. The lowest BCUT2D eigenvalue weighted by molar-refractivity contribution is 0.0957. The summed E-state index contributed by atoms with van der Waals surface area (Å²) in [5.74, 6) is 0.710. The Labute approximate surface area is 296 Å². The molecule has 6 aromatic rings. The lowest BCUT2D eigenvalue weighted by Crippen LogP contribution is -2.42. The molecule has 4 heterocycles. The number of hydrogen-bond donors (Lipinski definition) is 0. The molecular formula is C39H38Cl2N6O2. The quantitative estimate of drug-likeness (QED) is 0.124. The molecule has 1 atom stereocenters. The fraction of sp³-hybridized carbons (Fsp3) is 0.308. The SMILES string of the molecule is [C-]#[N+]c1ccc2c(c1)c(N1C[C@@H](C)n3c(c(CCCOc4cc(C)c(Cl)c(C)c4)c4ccc(Cl)c(-c5c(C)nn(C)c5C)c43)C1=O)cn2C. The Kier molecular flexibility index (Phi) is 8.25. The molecule has 0 unspecified atom stereocenters. The van der Waals surface area contributed by atoms with E-state index < -0.39 is 0 Å². The molecule has 0 saturated carbocycles. The second-order valence-corrected chi connectivity index (χ2v) is 14.0. The second kappa shape index (κ2) is 12.3. The number of ether oxygens (including phenoxy) is 1. The molecule has 10 heteroatoms. The van der Waals surface area contributed by atoms with Crippen LogP contribution >= 0.6 is 23.2 Å². The minimum atomic E-state index is -0.0750. The molecule has 0 aliphatic carbocycles. The zero-order valence-corrected chi connectivity index (χ0v) is 30.3. The number of nitrogens with zero attached hydrogens (tertiary/aromatic N) is 6. The van der Waals surface area contributed by atoms with Gasteiger partial charge in [-0.25, -0.2) is 4.85 Å². The molecule has 0 saturated heterocycles. The summed E-state index contributed by atoms with van der Waals surface area (Å²) < 4.78 is 12.3. The van der Waals surface area contributed by atoms with Gasteiger partial charge in [0, 0.05) is 71.0 Å². The Morgan fingerprint density at radius 1 is 1.00 bits per heavy atom. The summed E-state index contributed by atoms with van der Waals surface area (Å²) in [7, 11) is 3.91. The first-order valence-electron chi connectivity index (χ1n) is 16.4. The summed E-state index contributed by atoms with van der Waals surface area (Å²) in [6, 6.07) is 13.5. The topological polar surface area (TPSA) is 61.6 Å². The van der Waals surface area contributed by atoms with Crippen molar-refractivity contribution in [3.05, 3.63) is 104 Å². The van der Waals surface area contributed by atoms with E-state index in [0.717, 1.165) is 77.5 Å². The van der Waals surface area contributed by atoms with Gasteiger partial charge in [0.2, 0.25) is 0 Å². The Hall–Kier alpha value is -4.71. The van der Waals surface area contributed by atoms with Crippen molar-refractivity contribution in [2.45, 2.75) is 53.5 Å².